The molecule has 0 atom stereocenters. The monoisotopic (exact) mass is 547 g/mol. The van der Waals surface area contributed by atoms with Crippen molar-refractivity contribution in [3.05, 3.63) is 0 Å². The molecule has 0 unspecified atom stereocenters. The predicted molar refractivity (Wildman–Crippen MR) is 144 cm³/mol. The molecular weight excluding hydrogens is 486 g/mol. The van der Waals surface area contributed by atoms with E-state index in [0.717, 1.165) is 6.42 Å². The van der Waals surface area contributed by atoms with E-state index < -0.39 is 0 Å². The van der Waals surface area contributed by atoms with Crippen LogP contribution in [-0.2, 0) is 0 Å². The Morgan fingerprint density at radius 3 is 0.647 bits per heavy atom. The van der Waals surface area contributed by atoms with Crippen LogP contribution >= 0.6 is 0 Å². The van der Waals surface area contributed by atoms with Crippen molar-refractivity contribution < 1.29 is 54.3 Å². The smallest absolute Gasteiger partial charge is 1.00 e. The van der Waals surface area contributed by atoms with Crippen molar-refractivity contribution in [3.63, 3.8) is 0 Å². The molecule has 0 rings (SSSR count). The van der Waals surface area contributed by atoms with Gasteiger partial charge in [0.1, 0.15) is 0 Å². The van der Waals surface area contributed by atoms with Crippen molar-refractivity contribution in [3.8, 4) is 0 Å². The van der Waals surface area contributed by atoms with E-state index in [1.807, 2.05) is 0 Å². The van der Waals surface area contributed by atoms with Crippen molar-refractivity contribution in [2.24, 2.45) is 0 Å². The molecule has 0 saturated heterocycles. The average Bonchev–Trinajstić information content (AvgIpc) is 2.74. The summed E-state index contributed by atoms with van der Waals surface area (Å²) in [7, 11) is 0. The van der Waals surface area contributed by atoms with Crippen LogP contribution in [0.3, 0.4) is 0 Å². The first-order valence-electron chi connectivity index (χ1n) is 13.9. The zero-order chi connectivity index (χ0) is 21.7. The molecule has 0 bridgehead atoms. The summed E-state index contributed by atoms with van der Waals surface area (Å²) in [6, 6.07) is 0. The van der Waals surface area contributed by atoms with Gasteiger partial charge in [-0.15, -0.1) is 0 Å². The Morgan fingerprint density at radius 2 is 0.500 bits per heavy atom. The van der Waals surface area contributed by atoms with Crippen LogP contribution in [0.25, 0.3) is 0 Å². The fraction of sp³-hybridized carbons (Fsp3) is 1.00. The second kappa shape index (κ2) is 55.8. The molecule has 0 saturated carbocycles. The van der Waals surface area contributed by atoms with Crippen LogP contribution < -0.4 is 43.7 Å². The molecule has 0 spiro atoms. The molecule has 34 heavy (non-hydrogen) atoms. The molecule has 3 N–H and O–H groups in total. The van der Waals surface area contributed by atoms with Gasteiger partial charge in [-0.2, -0.15) is 0 Å². The van der Waals surface area contributed by atoms with Crippen LogP contribution in [0.5, 0.6) is 0 Å². The first-order valence-corrected chi connectivity index (χ1v) is 13.9. The van der Waals surface area contributed by atoms with Crippen molar-refractivity contribution >= 4 is 37.7 Å². The maximum atomic E-state index is 8.51. The summed E-state index contributed by atoms with van der Waals surface area (Å²) in [5, 5.41) is 8.51. The number of aliphatic hydroxyl groups excluding tert-OH is 1. The van der Waals surface area contributed by atoms with Crippen LogP contribution in [0.1, 0.15) is 175 Å². The van der Waals surface area contributed by atoms with E-state index in [2.05, 4.69) is 20.8 Å². The van der Waals surface area contributed by atoms with Crippen molar-refractivity contribution in [1.29, 1.82) is 0 Å². The summed E-state index contributed by atoms with van der Waals surface area (Å²) in [4.78, 5) is 0. The molecule has 6 heteroatoms. The quantitative estimate of drug-likeness (QED) is 0.144. The molecule has 0 aromatic carbocycles. The van der Waals surface area contributed by atoms with Crippen LogP contribution in [0.15, 0.2) is 0 Å². The summed E-state index contributed by atoms with van der Waals surface area (Å²) in [6.07, 6.45) is 33.8. The first kappa shape index (κ1) is 52.7. The molecule has 0 aliphatic heterocycles. The molecule has 0 radical (unpaired) electrons. The van der Waals surface area contributed by atoms with Crippen LogP contribution in [0.2, 0.25) is 0 Å². The summed E-state index contributed by atoms with van der Waals surface area (Å²) >= 11 is 0. The van der Waals surface area contributed by atoms with E-state index in [-0.39, 0.29) is 86.9 Å². The number of aliphatic hydroxyl groups is 1. The SMILES string of the molecule is CCCCCCCCCCCCCCCCCC.CCCCCCCCCCO.O.[Ca+2].[Cl-].[Cl-].[Li+]. The minimum Gasteiger partial charge on any atom is -1.00 e. The van der Waals surface area contributed by atoms with Gasteiger partial charge in [0.15, 0.2) is 0 Å². The Kier molecular flexibility index (Phi) is 86.5. The third-order valence-electron chi connectivity index (χ3n) is 5.97. The van der Waals surface area contributed by atoms with Crippen LogP contribution in [0.4, 0.5) is 0 Å². The molecule has 0 aliphatic carbocycles. The largest absolute Gasteiger partial charge is 2.00 e. The van der Waals surface area contributed by atoms with E-state index >= 15 is 0 Å². The van der Waals surface area contributed by atoms with Gasteiger partial charge >= 0.3 is 56.6 Å². The van der Waals surface area contributed by atoms with Gasteiger partial charge in [0, 0.05) is 6.61 Å². The van der Waals surface area contributed by atoms with E-state index in [9.17, 15) is 0 Å². The van der Waals surface area contributed by atoms with Crippen molar-refractivity contribution in [2.75, 3.05) is 6.61 Å². The van der Waals surface area contributed by atoms with Gasteiger partial charge in [-0.1, -0.05) is 168 Å². The number of rotatable bonds is 23. The topological polar surface area (TPSA) is 51.7 Å². The summed E-state index contributed by atoms with van der Waals surface area (Å²) in [6.45, 7) is 7.20. The van der Waals surface area contributed by atoms with Gasteiger partial charge in [0.2, 0.25) is 0 Å². The van der Waals surface area contributed by atoms with Crippen LogP contribution in [0, 0.1) is 0 Å². The van der Waals surface area contributed by atoms with Gasteiger partial charge < -0.3 is 35.4 Å². The maximum Gasteiger partial charge on any atom is 2.00 e. The Balaban J connectivity index is -0.0000000809. The maximum absolute atomic E-state index is 8.51. The molecule has 0 aromatic rings. The normalized spacial score (nSPS) is 9.18. The second-order valence-electron chi connectivity index (χ2n) is 9.15. The third-order valence-corrected chi connectivity index (χ3v) is 5.97. The van der Waals surface area contributed by atoms with E-state index in [1.54, 1.807) is 0 Å². The molecule has 0 heterocycles. The van der Waals surface area contributed by atoms with Gasteiger partial charge in [-0.25, -0.2) is 0 Å². The second-order valence-corrected chi connectivity index (χ2v) is 9.15. The molecule has 202 valence electrons. The van der Waals surface area contributed by atoms with E-state index in [4.69, 9.17) is 5.11 Å². The van der Waals surface area contributed by atoms with Crippen molar-refractivity contribution in [2.45, 2.75) is 175 Å². The third kappa shape index (κ3) is 59.5. The summed E-state index contributed by atoms with van der Waals surface area (Å²) < 4.78 is 0. The molecule has 0 amide bonds. The minimum atomic E-state index is 0. The van der Waals surface area contributed by atoms with Gasteiger partial charge in [-0.05, 0) is 6.42 Å². The van der Waals surface area contributed by atoms with Gasteiger partial charge in [0.05, 0.1) is 0 Å². The first-order chi connectivity index (χ1) is 14.3. The fourth-order valence-electron chi connectivity index (χ4n) is 3.87. The van der Waals surface area contributed by atoms with E-state index in [1.165, 1.54) is 148 Å². The molecule has 2 nitrogen and oxygen atoms in total. The van der Waals surface area contributed by atoms with Crippen molar-refractivity contribution in [1.82, 2.24) is 0 Å². The van der Waals surface area contributed by atoms with Gasteiger partial charge in [-0.3, -0.25) is 0 Å². The minimum absolute atomic E-state index is 0. The van der Waals surface area contributed by atoms with Gasteiger partial charge in [0.25, 0.3) is 0 Å². The zero-order valence-corrected chi connectivity index (χ0v) is 27.8. The fourth-order valence-corrected chi connectivity index (χ4v) is 3.87. The Labute approximate surface area is 271 Å². The molecule has 0 aliphatic rings. The van der Waals surface area contributed by atoms with E-state index in [0.29, 0.717) is 6.61 Å². The Morgan fingerprint density at radius 1 is 0.353 bits per heavy atom. The van der Waals surface area contributed by atoms with Crippen LogP contribution in [-0.4, -0.2) is 54.9 Å². The Bertz CT molecular complexity index is 243. The number of hydrogen-bond donors (Lipinski definition) is 1. The number of unbranched alkanes of at least 4 members (excludes halogenated alkanes) is 22. The average molecular weight is 549 g/mol. The zero-order valence-electron chi connectivity index (χ0n) is 24.1. The number of halogens is 2. The molecule has 0 aromatic heterocycles. The summed E-state index contributed by atoms with van der Waals surface area (Å²) in [5.74, 6) is 0. The molecular formula is C28H62CaCl2LiO2+. The predicted octanol–water partition coefficient (Wildman–Crippen LogP) is 0.194. The number of hydrogen-bond acceptors (Lipinski definition) is 1. The molecule has 0 fully saturated rings. The Hall–Kier alpha value is 2.36. The standard InChI is InChI=1S/C18H38.C10H22O.Ca.2ClH.Li.H2O/c1-3-5-7-9-11-13-15-17-18-16-14-12-10-8-6-4-2;1-2-3-4-5-6-7-8-9-10-11;;;;;/h3-18H2,1-2H3;11H,2-10H2,1H3;;2*1H;;1H2/q;;+2;;;+1;/p-2. The summed E-state index contributed by atoms with van der Waals surface area (Å²) in [5.41, 5.74) is 0.